The molecule has 0 fully saturated rings. The van der Waals surface area contributed by atoms with Gasteiger partial charge in [0.2, 0.25) is 5.91 Å². The second kappa shape index (κ2) is 7.79. The summed E-state index contributed by atoms with van der Waals surface area (Å²) in [5.41, 5.74) is 1.92. The first-order valence-electron chi connectivity index (χ1n) is 6.89. The van der Waals surface area contributed by atoms with E-state index in [2.05, 4.69) is 5.32 Å². The summed E-state index contributed by atoms with van der Waals surface area (Å²) in [7, 11) is 0. The van der Waals surface area contributed by atoms with Gasteiger partial charge in [0.1, 0.15) is 5.82 Å². The van der Waals surface area contributed by atoms with E-state index in [1.807, 2.05) is 30.3 Å². The molecule has 0 aliphatic heterocycles. The molecule has 0 spiro atoms. The lowest BCUT2D eigenvalue weighted by molar-refractivity contribution is -0.121. The first kappa shape index (κ1) is 15.5. The molecule has 0 aromatic heterocycles. The summed E-state index contributed by atoms with van der Waals surface area (Å²) in [4.78, 5) is 11.7. The summed E-state index contributed by atoms with van der Waals surface area (Å²) >= 11 is 5.90. The van der Waals surface area contributed by atoms with Crippen molar-refractivity contribution in [2.75, 3.05) is 6.54 Å². The van der Waals surface area contributed by atoms with Crippen molar-refractivity contribution in [1.29, 1.82) is 0 Å². The third-order valence-electron chi connectivity index (χ3n) is 3.15. The topological polar surface area (TPSA) is 29.1 Å². The fourth-order valence-electron chi connectivity index (χ4n) is 2.08. The molecule has 2 aromatic rings. The number of aryl methyl sites for hydroxylation is 1. The minimum atomic E-state index is -0.270. The number of benzene rings is 2. The third kappa shape index (κ3) is 5.56. The highest BCUT2D eigenvalue weighted by molar-refractivity contribution is 6.30. The molecule has 1 amide bonds. The Kier molecular flexibility index (Phi) is 5.76. The van der Waals surface area contributed by atoms with Crippen molar-refractivity contribution in [2.24, 2.45) is 0 Å². The van der Waals surface area contributed by atoms with Gasteiger partial charge >= 0.3 is 0 Å². The van der Waals surface area contributed by atoms with Crippen LogP contribution in [0, 0.1) is 5.82 Å². The smallest absolute Gasteiger partial charge is 0.220 e. The van der Waals surface area contributed by atoms with Gasteiger partial charge in [-0.25, -0.2) is 4.39 Å². The van der Waals surface area contributed by atoms with Gasteiger partial charge in [0.05, 0.1) is 0 Å². The molecule has 4 heteroatoms. The molecule has 0 saturated carbocycles. The maximum atomic E-state index is 13.0. The van der Waals surface area contributed by atoms with Crippen LogP contribution < -0.4 is 5.32 Å². The van der Waals surface area contributed by atoms with Gasteiger partial charge in [-0.2, -0.15) is 0 Å². The molecule has 2 aromatic carbocycles. The Labute approximate surface area is 128 Å². The van der Waals surface area contributed by atoms with E-state index in [0.29, 0.717) is 24.4 Å². The summed E-state index contributed by atoms with van der Waals surface area (Å²) < 4.78 is 13.0. The minimum Gasteiger partial charge on any atom is -0.356 e. The van der Waals surface area contributed by atoms with Crippen LogP contribution in [0.15, 0.2) is 48.5 Å². The molecule has 0 aliphatic carbocycles. The maximum absolute atomic E-state index is 13.0. The van der Waals surface area contributed by atoms with Crippen molar-refractivity contribution in [3.8, 4) is 0 Å². The minimum absolute atomic E-state index is 0.0266. The lowest BCUT2D eigenvalue weighted by atomic mass is 10.1. The highest BCUT2D eigenvalue weighted by Gasteiger charge is 2.03. The van der Waals surface area contributed by atoms with E-state index in [1.165, 1.54) is 12.1 Å². The molecular weight excluding hydrogens is 289 g/mol. The van der Waals surface area contributed by atoms with Crippen LogP contribution in [0.2, 0.25) is 5.02 Å². The van der Waals surface area contributed by atoms with E-state index in [9.17, 15) is 9.18 Å². The average molecular weight is 306 g/mol. The van der Waals surface area contributed by atoms with Crippen molar-refractivity contribution in [2.45, 2.75) is 19.3 Å². The number of amides is 1. The van der Waals surface area contributed by atoms with Gasteiger partial charge < -0.3 is 5.32 Å². The molecule has 0 saturated heterocycles. The fourth-order valence-corrected chi connectivity index (χ4v) is 2.29. The van der Waals surface area contributed by atoms with Crippen LogP contribution in [0.25, 0.3) is 0 Å². The van der Waals surface area contributed by atoms with Crippen molar-refractivity contribution in [1.82, 2.24) is 5.32 Å². The molecule has 2 nitrogen and oxygen atoms in total. The Hall–Kier alpha value is -1.87. The van der Waals surface area contributed by atoms with Crippen molar-refractivity contribution in [3.05, 3.63) is 70.5 Å². The van der Waals surface area contributed by atoms with Gasteiger partial charge in [-0.3, -0.25) is 4.79 Å². The van der Waals surface area contributed by atoms with E-state index < -0.39 is 0 Å². The van der Waals surface area contributed by atoms with Gasteiger partial charge in [-0.15, -0.1) is 0 Å². The fraction of sp³-hybridized carbons (Fsp3) is 0.235. The second-order valence-corrected chi connectivity index (χ2v) is 5.30. The summed E-state index contributed by atoms with van der Waals surface area (Å²) in [6.07, 6.45) is 1.64. The van der Waals surface area contributed by atoms with Crippen molar-refractivity contribution >= 4 is 17.5 Å². The SMILES string of the molecule is O=C(CCc1cccc(F)c1)NCCc1cccc(Cl)c1. The molecule has 0 heterocycles. The highest BCUT2D eigenvalue weighted by atomic mass is 35.5. The van der Waals surface area contributed by atoms with Crippen LogP contribution in [-0.4, -0.2) is 12.5 Å². The lowest BCUT2D eigenvalue weighted by Crippen LogP contribution is -2.25. The molecule has 21 heavy (non-hydrogen) atoms. The molecule has 0 radical (unpaired) electrons. The monoisotopic (exact) mass is 305 g/mol. The van der Waals surface area contributed by atoms with Crippen LogP contribution in [0.3, 0.4) is 0 Å². The first-order valence-corrected chi connectivity index (χ1v) is 7.27. The van der Waals surface area contributed by atoms with Crippen LogP contribution in [0.4, 0.5) is 4.39 Å². The number of halogens is 2. The summed E-state index contributed by atoms with van der Waals surface area (Å²) in [6, 6.07) is 13.9. The average Bonchev–Trinajstić information content (AvgIpc) is 2.45. The van der Waals surface area contributed by atoms with E-state index in [1.54, 1.807) is 6.07 Å². The Bertz CT molecular complexity index is 615. The molecule has 0 bridgehead atoms. The van der Waals surface area contributed by atoms with E-state index in [4.69, 9.17) is 11.6 Å². The van der Waals surface area contributed by atoms with Crippen LogP contribution >= 0.6 is 11.6 Å². The predicted molar refractivity (Wildman–Crippen MR) is 82.9 cm³/mol. The predicted octanol–water partition coefficient (Wildman–Crippen LogP) is 3.77. The van der Waals surface area contributed by atoms with Crippen molar-refractivity contribution in [3.63, 3.8) is 0 Å². The number of carbonyl (C=O) groups is 1. The van der Waals surface area contributed by atoms with Gasteiger partial charge in [-0.05, 0) is 48.2 Å². The summed E-state index contributed by atoms with van der Waals surface area (Å²) in [5, 5.41) is 3.56. The summed E-state index contributed by atoms with van der Waals surface area (Å²) in [6.45, 7) is 0.572. The van der Waals surface area contributed by atoms with Crippen LogP contribution in [0.5, 0.6) is 0 Å². The molecule has 110 valence electrons. The lowest BCUT2D eigenvalue weighted by Gasteiger charge is -2.06. The largest absolute Gasteiger partial charge is 0.356 e. The zero-order valence-corrected chi connectivity index (χ0v) is 12.4. The van der Waals surface area contributed by atoms with E-state index >= 15 is 0 Å². The second-order valence-electron chi connectivity index (χ2n) is 4.86. The van der Waals surface area contributed by atoms with Gasteiger partial charge in [-0.1, -0.05) is 35.9 Å². The van der Waals surface area contributed by atoms with Crippen LogP contribution in [-0.2, 0) is 17.6 Å². The maximum Gasteiger partial charge on any atom is 0.220 e. The zero-order valence-electron chi connectivity index (χ0n) is 11.6. The summed E-state index contributed by atoms with van der Waals surface area (Å²) in [5.74, 6) is -0.296. The Morgan fingerprint density at radius 3 is 2.48 bits per heavy atom. The number of rotatable bonds is 6. The normalized spacial score (nSPS) is 10.4. The number of hydrogen-bond donors (Lipinski definition) is 1. The van der Waals surface area contributed by atoms with E-state index in [-0.39, 0.29) is 11.7 Å². The zero-order chi connectivity index (χ0) is 15.1. The first-order chi connectivity index (χ1) is 10.1. The molecule has 0 unspecified atom stereocenters. The van der Waals surface area contributed by atoms with Gasteiger partial charge in [0, 0.05) is 18.0 Å². The van der Waals surface area contributed by atoms with E-state index in [0.717, 1.165) is 17.5 Å². The van der Waals surface area contributed by atoms with Crippen molar-refractivity contribution < 1.29 is 9.18 Å². The highest BCUT2D eigenvalue weighted by Crippen LogP contribution is 2.10. The van der Waals surface area contributed by atoms with Crippen LogP contribution in [0.1, 0.15) is 17.5 Å². The standard InChI is InChI=1S/C17H17ClFNO/c18-15-5-1-3-14(11-15)9-10-20-17(21)8-7-13-4-2-6-16(19)12-13/h1-6,11-12H,7-10H2,(H,20,21). The number of carbonyl (C=O) groups excluding carboxylic acids is 1. The number of hydrogen-bond acceptors (Lipinski definition) is 1. The molecule has 0 atom stereocenters. The third-order valence-corrected chi connectivity index (χ3v) is 3.39. The van der Waals surface area contributed by atoms with Gasteiger partial charge in [0.15, 0.2) is 0 Å². The molecular formula is C17H17ClFNO. The quantitative estimate of drug-likeness (QED) is 0.865. The Morgan fingerprint density at radius 1 is 1.05 bits per heavy atom. The molecule has 1 N–H and O–H groups in total. The number of nitrogens with one attached hydrogen (secondary N) is 1. The Morgan fingerprint density at radius 2 is 1.76 bits per heavy atom. The molecule has 0 aliphatic rings. The van der Waals surface area contributed by atoms with Gasteiger partial charge in [0.25, 0.3) is 0 Å². The Balaban J connectivity index is 1.70. The molecule has 2 rings (SSSR count).